The van der Waals surface area contributed by atoms with E-state index in [4.69, 9.17) is 14.7 Å². The van der Waals surface area contributed by atoms with Gasteiger partial charge in [-0.3, -0.25) is 4.79 Å². The molecule has 1 fully saturated rings. The smallest absolute Gasteiger partial charge is 0.342 e. The Kier molecular flexibility index (Phi) is 4.76. The Balaban J connectivity index is 1.70. The van der Waals surface area contributed by atoms with Crippen molar-refractivity contribution in [2.45, 2.75) is 12.5 Å². The van der Waals surface area contributed by atoms with Crippen LogP contribution in [0.15, 0.2) is 42.5 Å². The number of esters is 1. The highest BCUT2D eigenvalue weighted by Crippen LogP contribution is 2.27. The molecule has 7 heteroatoms. The van der Waals surface area contributed by atoms with Gasteiger partial charge in [-0.1, -0.05) is 0 Å². The Morgan fingerprint density at radius 2 is 2.00 bits per heavy atom. The monoisotopic (exact) mass is 352 g/mol. The number of hydrogen-bond donors (Lipinski definition) is 1. The van der Waals surface area contributed by atoms with Crippen LogP contribution in [0.5, 0.6) is 11.5 Å². The van der Waals surface area contributed by atoms with Crippen LogP contribution in [0.25, 0.3) is 0 Å². The summed E-state index contributed by atoms with van der Waals surface area (Å²) in [5, 5.41) is 18.7. The van der Waals surface area contributed by atoms with Crippen molar-refractivity contribution in [2.24, 2.45) is 0 Å². The zero-order valence-electron chi connectivity index (χ0n) is 14.0. The largest absolute Gasteiger partial charge is 0.507 e. The van der Waals surface area contributed by atoms with E-state index < -0.39 is 12.1 Å². The van der Waals surface area contributed by atoms with E-state index in [1.807, 2.05) is 6.07 Å². The van der Waals surface area contributed by atoms with Crippen LogP contribution in [-0.2, 0) is 9.53 Å². The van der Waals surface area contributed by atoms with Gasteiger partial charge in [0.15, 0.2) is 6.10 Å². The van der Waals surface area contributed by atoms with E-state index in [1.165, 1.54) is 30.2 Å². The van der Waals surface area contributed by atoms with Gasteiger partial charge < -0.3 is 19.5 Å². The van der Waals surface area contributed by atoms with Gasteiger partial charge in [0.25, 0.3) is 5.91 Å². The Bertz CT molecular complexity index is 886. The number of ether oxygens (including phenoxy) is 2. The molecule has 1 aliphatic heterocycles. The van der Waals surface area contributed by atoms with Crippen molar-refractivity contribution >= 4 is 17.6 Å². The van der Waals surface area contributed by atoms with Gasteiger partial charge in [0.05, 0.1) is 18.7 Å². The first-order valence-corrected chi connectivity index (χ1v) is 7.93. The van der Waals surface area contributed by atoms with Crippen molar-refractivity contribution in [3.8, 4) is 17.6 Å². The Morgan fingerprint density at radius 3 is 2.62 bits per heavy atom. The minimum Gasteiger partial charge on any atom is -0.507 e. The third-order valence-electron chi connectivity index (χ3n) is 4.14. The van der Waals surface area contributed by atoms with Crippen molar-refractivity contribution in [3.05, 3.63) is 53.6 Å². The van der Waals surface area contributed by atoms with Gasteiger partial charge in [-0.05, 0) is 36.4 Å². The maximum Gasteiger partial charge on any atom is 0.342 e. The van der Waals surface area contributed by atoms with E-state index in [0.29, 0.717) is 30.0 Å². The lowest BCUT2D eigenvalue weighted by Crippen LogP contribution is -2.32. The van der Waals surface area contributed by atoms with Gasteiger partial charge in [0.1, 0.15) is 17.1 Å². The number of phenolic OH excluding ortho intramolecular Hbond substituents is 1. The van der Waals surface area contributed by atoms with Gasteiger partial charge in [-0.2, -0.15) is 5.26 Å². The third kappa shape index (κ3) is 3.30. The van der Waals surface area contributed by atoms with Crippen molar-refractivity contribution < 1.29 is 24.2 Å². The molecule has 132 valence electrons. The minimum absolute atomic E-state index is 0.0320. The van der Waals surface area contributed by atoms with Crippen LogP contribution in [0.1, 0.15) is 22.3 Å². The molecular weight excluding hydrogens is 336 g/mol. The third-order valence-corrected chi connectivity index (χ3v) is 4.14. The summed E-state index contributed by atoms with van der Waals surface area (Å²) in [6.07, 6.45) is -0.568. The minimum atomic E-state index is -0.917. The number of anilines is 1. The van der Waals surface area contributed by atoms with Crippen molar-refractivity contribution in [1.29, 1.82) is 5.26 Å². The highest BCUT2D eigenvalue weighted by molar-refractivity contribution is 6.01. The van der Waals surface area contributed by atoms with E-state index in [1.54, 1.807) is 24.3 Å². The highest BCUT2D eigenvalue weighted by Gasteiger charge is 2.36. The fraction of sp³-hybridized carbons (Fsp3) is 0.211. The first-order chi connectivity index (χ1) is 12.5. The lowest BCUT2D eigenvalue weighted by Gasteiger charge is -2.17. The maximum atomic E-state index is 12.5. The molecule has 7 nitrogen and oxygen atoms in total. The topological polar surface area (TPSA) is 99.9 Å². The van der Waals surface area contributed by atoms with Crippen LogP contribution < -0.4 is 9.64 Å². The number of nitrogens with zero attached hydrogens (tertiary/aromatic N) is 2. The molecular formula is C19H16N2O5. The second-order valence-corrected chi connectivity index (χ2v) is 5.71. The SMILES string of the molecule is COc1ccc(C(=O)O[C@@H]2CCN(c3ccc(C#N)cc3)C2=O)c(O)c1. The lowest BCUT2D eigenvalue weighted by atomic mass is 10.2. The maximum absolute atomic E-state index is 12.5. The molecule has 0 aliphatic carbocycles. The molecule has 0 bridgehead atoms. The number of phenols is 1. The molecule has 0 saturated carbocycles. The molecule has 0 radical (unpaired) electrons. The molecule has 1 N–H and O–H groups in total. The van der Waals surface area contributed by atoms with Crippen LogP contribution in [0, 0.1) is 11.3 Å². The molecule has 0 aromatic heterocycles. The zero-order chi connectivity index (χ0) is 18.7. The summed E-state index contributed by atoms with van der Waals surface area (Å²) < 4.78 is 10.2. The molecule has 0 unspecified atom stereocenters. The van der Waals surface area contributed by atoms with Crippen LogP contribution >= 0.6 is 0 Å². The summed E-state index contributed by atoms with van der Waals surface area (Å²) in [5.41, 5.74) is 1.11. The number of carbonyl (C=O) groups excluding carboxylic acids is 2. The van der Waals surface area contributed by atoms with E-state index >= 15 is 0 Å². The first-order valence-electron chi connectivity index (χ1n) is 7.93. The molecule has 26 heavy (non-hydrogen) atoms. The number of nitriles is 1. The average molecular weight is 352 g/mol. The summed E-state index contributed by atoms with van der Waals surface area (Å²) in [5.74, 6) is -0.979. The number of amides is 1. The first kappa shape index (κ1) is 17.3. The molecule has 1 saturated heterocycles. The van der Waals surface area contributed by atoms with Gasteiger partial charge in [-0.15, -0.1) is 0 Å². The summed E-state index contributed by atoms with van der Waals surface area (Å²) in [4.78, 5) is 26.3. The van der Waals surface area contributed by atoms with E-state index in [-0.39, 0.29) is 17.2 Å². The van der Waals surface area contributed by atoms with E-state index in [2.05, 4.69) is 0 Å². The van der Waals surface area contributed by atoms with Crippen LogP contribution in [0.2, 0.25) is 0 Å². The number of aromatic hydroxyl groups is 1. The molecule has 1 atom stereocenters. The van der Waals surface area contributed by atoms with Gasteiger partial charge in [0, 0.05) is 24.7 Å². The molecule has 2 aromatic rings. The van der Waals surface area contributed by atoms with E-state index in [9.17, 15) is 14.7 Å². The number of carbonyl (C=O) groups is 2. The number of hydrogen-bond acceptors (Lipinski definition) is 6. The second-order valence-electron chi connectivity index (χ2n) is 5.71. The normalized spacial score (nSPS) is 16.2. The average Bonchev–Trinajstić information content (AvgIpc) is 3.02. The van der Waals surface area contributed by atoms with Gasteiger partial charge >= 0.3 is 5.97 Å². The Labute approximate surface area is 150 Å². The molecule has 3 rings (SSSR count). The molecule has 1 amide bonds. The van der Waals surface area contributed by atoms with Crippen molar-refractivity contribution in [1.82, 2.24) is 0 Å². The fourth-order valence-corrected chi connectivity index (χ4v) is 2.74. The summed E-state index contributed by atoms with van der Waals surface area (Å²) in [7, 11) is 1.45. The van der Waals surface area contributed by atoms with Crippen molar-refractivity contribution in [3.63, 3.8) is 0 Å². The van der Waals surface area contributed by atoms with Gasteiger partial charge in [0.2, 0.25) is 0 Å². The summed E-state index contributed by atoms with van der Waals surface area (Å²) >= 11 is 0. The molecule has 1 heterocycles. The Morgan fingerprint density at radius 1 is 1.27 bits per heavy atom. The second kappa shape index (κ2) is 7.15. The molecule has 2 aromatic carbocycles. The van der Waals surface area contributed by atoms with Crippen LogP contribution in [-0.4, -0.2) is 36.7 Å². The number of benzene rings is 2. The predicted molar refractivity (Wildman–Crippen MR) is 92.0 cm³/mol. The predicted octanol–water partition coefficient (Wildman–Crippen LogP) is 2.23. The van der Waals surface area contributed by atoms with Crippen LogP contribution in [0.3, 0.4) is 0 Å². The summed E-state index contributed by atoms with van der Waals surface area (Å²) in [6, 6.07) is 12.8. The molecule has 1 aliphatic rings. The van der Waals surface area contributed by atoms with Gasteiger partial charge in [-0.25, -0.2) is 4.79 Å². The van der Waals surface area contributed by atoms with Crippen LogP contribution in [0.4, 0.5) is 5.69 Å². The lowest BCUT2D eigenvalue weighted by molar-refractivity contribution is -0.124. The Hall–Kier alpha value is -3.53. The number of rotatable bonds is 4. The highest BCUT2D eigenvalue weighted by atomic mass is 16.5. The van der Waals surface area contributed by atoms with Crippen molar-refractivity contribution in [2.75, 3.05) is 18.6 Å². The number of methoxy groups -OCH3 is 1. The fourth-order valence-electron chi connectivity index (χ4n) is 2.74. The quantitative estimate of drug-likeness (QED) is 0.847. The van der Waals surface area contributed by atoms with E-state index in [0.717, 1.165) is 0 Å². The zero-order valence-corrected chi connectivity index (χ0v) is 14.0. The standard InChI is InChI=1S/C19H16N2O5/c1-25-14-6-7-15(16(22)10-14)19(24)26-17-8-9-21(18(17)23)13-4-2-12(11-20)3-5-13/h2-7,10,17,22H,8-9H2,1H3/t17-/m1/s1. The summed E-state index contributed by atoms with van der Waals surface area (Å²) in [6.45, 7) is 0.400. The molecule has 0 spiro atoms.